The number of benzene rings is 2. The minimum atomic E-state index is -5.44. The molecule has 2 aliphatic rings. The highest BCUT2D eigenvalue weighted by Gasteiger charge is 2.58. The Kier molecular flexibility index (Phi) is 7.74. The van der Waals surface area contributed by atoms with E-state index < -0.39 is 60.3 Å². The lowest BCUT2D eigenvalue weighted by atomic mass is 9.81. The molecule has 9 nitrogen and oxygen atoms in total. The molecular weight excluding hydrogens is 589 g/mol. The Labute approximate surface area is 247 Å². The van der Waals surface area contributed by atoms with Gasteiger partial charge in [-0.2, -0.15) is 13.2 Å². The fourth-order valence-electron chi connectivity index (χ4n) is 4.90. The summed E-state index contributed by atoms with van der Waals surface area (Å²) in [6, 6.07) is 9.11. The molecule has 2 amide bonds. The van der Waals surface area contributed by atoms with Gasteiger partial charge in [-0.25, -0.2) is 13.8 Å². The lowest BCUT2D eigenvalue weighted by Crippen LogP contribution is -2.52. The molecule has 232 valence electrons. The first-order chi connectivity index (χ1) is 20.7. The number of anilines is 1. The summed E-state index contributed by atoms with van der Waals surface area (Å²) in [6.07, 6.45) is -2.02. The monoisotopic (exact) mass is 617 g/mol. The van der Waals surface area contributed by atoms with Gasteiger partial charge in [0.05, 0.1) is 12.2 Å². The van der Waals surface area contributed by atoms with Gasteiger partial charge in [-0.1, -0.05) is 0 Å². The Bertz CT molecular complexity index is 1660. The quantitative estimate of drug-likeness (QED) is 0.181. The van der Waals surface area contributed by atoms with Crippen molar-refractivity contribution in [1.29, 1.82) is 0 Å². The van der Waals surface area contributed by atoms with Crippen LogP contribution in [0, 0.1) is 11.7 Å². The van der Waals surface area contributed by atoms with Gasteiger partial charge in [0, 0.05) is 28.1 Å². The lowest BCUT2D eigenvalue weighted by molar-refractivity contribution is -0.265. The number of carbonyl (C=O) groups excluding carboxylic acids is 2. The molecule has 44 heavy (non-hydrogen) atoms. The predicted octanol–water partition coefficient (Wildman–Crippen LogP) is 3.44. The van der Waals surface area contributed by atoms with E-state index in [4.69, 9.17) is 21.9 Å². The molecule has 2 heterocycles. The van der Waals surface area contributed by atoms with Gasteiger partial charge in [-0.3, -0.25) is 9.59 Å². The molecule has 0 unspecified atom stereocenters. The third kappa shape index (κ3) is 5.41. The number of nitrogens with zero attached hydrogens (tertiary/aromatic N) is 1. The first-order valence-corrected chi connectivity index (χ1v) is 13.4. The van der Waals surface area contributed by atoms with Crippen LogP contribution in [0.15, 0.2) is 54.2 Å². The number of allylic oxidation sites excluding steroid dienone is 1. The molecule has 1 aliphatic carbocycles. The molecular formula is C30H28F5N5O4. The maximum Gasteiger partial charge on any atom is 0.424 e. The van der Waals surface area contributed by atoms with Crippen LogP contribution in [0.4, 0.5) is 27.6 Å². The largest absolute Gasteiger partial charge is 0.489 e. The summed E-state index contributed by atoms with van der Waals surface area (Å²) in [6.45, 7) is -3.50. The molecule has 0 bridgehead atoms. The second-order valence-corrected chi connectivity index (χ2v) is 10.9. The zero-order valence-electron chi connectivity index (χ0n) is 23.1. The third-order valence-corrected chi connectivity index (χ3v) is 7.89. The van der Waals surface area contributed by atoms with Crippen molar-refractivity contribution in [2.75, 3.05) is 25.6 Å². The van der Waals surface area contributed by atoms with E-state index in [0.29, 0.717) is 23.0 Å². The van der Waals surface area contributed by atoms with Crippen LogP contribution in [0.25, 0.3) is 17.3 Å². The maximum absolute atomic E-state index is 14.6. The highest BCUT2D eigenvalue weighted by Crippen LogP contribution is 2.48. The molecule has 1 aliphatic heterocycles. The van der Waals surface area contributed by atoms with Crippen LogP contribution in [0.2, 0.25) is 0 Å². The third-order valence-electron chi connectivity index (χ3n) is 7.89. The number of pyridine rings is 1. The minimum Gasteiger partial charge on any atom is -0.489 e. The second kappa shape index (κ2) is 11.1. The van der Waals surface area contributed by atoms with Crippen molar-refractivity contribution in [2.45, 2.75) is 30.0 Å². The molecule has 0 spiro atoms. The Morgan fingerprint density at radius 1 is 1.11 bits per heavy atom. The Hall–Kier alpha value is -4.72. The number of ether oxygens (including phenoxy) is 1. The van der Waals surface area contributed by atoms with Crippen molar-refractivity contribution in [3.05, 3.63) is 82.4 Å². The molecule has 2 aromatic carbocycles. The normalized spacial score (nSPS) is 19.5. The maximum atomic E-state index is 14.6. The van der Waals surface area contributed by atoms with Crippen LogP contribution >= 0.6 is 0 Å². The fraction of sp³-hybridized carbons (Fsp3) is 0.300. The number of fused-ring (bicyclic) bond motifs is 1. The van der Waals surface area contributed by atoms with E-state index in [0.717, 1.165) is 25.0 Å². The zero-order chi connectivity index (χ0) is 32.0. The summed E-state index contributed by atoms with van der Waals surface area (Å²) in [5, 5.41) is 13.3. The molecule has 1 saturated carbocycles. The zero-order valence-corrected chi connectivity index (χ0v) is 23.1. The number of nitrogens with one attached hydrogen (secondary N) is 1. The standard InChI is InChI=1S/C30H28F5N5O4/c31-12-28(27(38)42)14-44-25-20(28)11-23(40-24(25)16-3-6-19(32)7-4-16)29(43,30(33,34)35)13-39-26(41)17-5-8-21(36)18(9-17)10-22(37)15-1-2-15/h3-11,15,43H,1-2,12-14,36-37H2,(H2,38,42)(H,39,41)/b22-10-/t28-,29-/m0/s1. The number of amides is 2. The van der Waals surface area contributed by atoms with Crippen LogP contribution in [0.3, 0.4) is 0 Å². The summed E-state index contributed by atoms with van der Waals surface area (Å²) in [5.41, 5.74) is 10.9. The molecule has 8 N–H and O–H groups in total. The molecule has 1 aromatic heterocycles. The van der Waals surface area contributed by atoms with Crippen molar-refractivity contribution in [3.63, 3.8) is 0 Å². The highest BCUT2D eigenvalue weighted by molar-refractivity contribution is 5.95. The minimum absolute atomic E-state index is 0.0464. The number of primary amides is 1. The number of halogens is 5. The van der Waals surface area contributed by atoms with E-state index in [1.54, 1.807) is 6.08 Å². The Balaban J connectivity index is 1.55. The van der Waals surface area contributed by atoms with E-state index >= 15 is 0 Å². The number of alkyl halides is 4. The summed E-state index contributed by atoms with van der Waals surface area (Å²) < 4.78 is 77.4. The van der Waals surface area contributed by atoms with Gasteiger partial charge in [0.25, 0.3) is 5.91 Å². The summed E-state index contributed by atoms with van der Waals surface area (Å²) in [7, 11) is 0. The van der Waals surface area contributed by atoms with E-state index in [9.17, 15) is 36.6 Å². The van der Waals surface area contributed by atoms with E-state index in [1.165, 1.54) is 30.3 Å². The molecule has 14 heteroatoms. The molecule has 0 radical (unpaired) electrons. The number of hydrogen-bond donors (Lipinski definition) is 5. The van der Waals surface area contributed by atoms with Crippen molar-refractivity contribution in [2.24, 2.45) is 17.4 Å². The van der Waals surface area contributed by atoms with Gasteiger partial charge < -0.3 is 32.4 Å². The van der Waals surface area contributed by atoms with Crippen molar-refractivity contribution in [3.8, 4) is 17.0 Å². The van der Waals surface area contributed by atoms with E-state index in [-0.39, 0.29) is 34.1 Å². The van der Waals surface area contributed by atoms with Gasteiger partial charge in [0.15, 0.2) is 0 Å². The number of nitrogens with two attached hydrogens (primary N) is 3. The summed E-state index contributed by atoms with van der Waals surface area (Å²) in [4.78, 5) is 29.4. The average molecular weight is 618 g/mol. The highest BCUT2D eigenvalue weighted by atomic mass is 19.4. The van der Waals surface area contributed by atoms with Crippen molar-refractivity contribution in [1.82, 2.24) is 10.3 Å². The molecule has 0 saturated heterocycles. The summed E-state index contributed by atoms with van der Waals surface area (Å²) in [5.74, 6) is -2.92. The fourth-order valence-corrected chi connectivity index (χ4v) is 4.90. The van der Waals surface area contributed by atoms with Crippen LogP contribution in [-0.2, 0) is 15.8 Å². The van der Waals surface area contributed by atoms with Crippen LogP contribution < -0.4 is 27.3 Å². The van der Waals surface area contributed by atoms with Crippen LogP contribution in [0.5, 0.6) is 5.75 Å². The first-order valence-electron chi connectivity index (χ1n) is 13.4. The molecule has 3 aromatic rings. The lowest BCUT2D eigenvalue weighted by Gasteiger charge is -2.31. The number of nitrogen functional groups attached to an aromatic ring is 1. The second-order valence-electron chi connectivity index (χ2n) is 10.9. The number of rotatable bonds is 9. The van der Waals surface area contributed by atoms with Crippen LogP contribution in [-0.4, -0.2) is 47.9 Å². The number of aliphatic hydroxyl groups is 1. The van der Waals surface area contributed by atoms with E-state index in [2.05, 4.69) is 10.3 Å². The number of carbonyl (C=O) groups is 2. The van der Waals surface area contributed by atoms with Gasteiger partial charge in [0.1, 0.15) is 36.0 Å². The van der Waals surface area contributed by atoms with Gasteiger partial charge in [-0.15, -0.1) is 0 Å². The predicted molar refractivity (Wildman–Crippen MR) is 150 cm³/mol. The van der Waals surface area contributed by atoms with Gasteiger partial charge >= 0.3 is 6.18 Å². The van der Waals surface area contributed by atoms with Crippen molar-refractivity contribution < 1.29 is 41.4 Å². The van der Waals surface area contributed by atoms with Crippen molar-refractivity contribution >= 4 is 23.6 Å². The molecule has 2 atom stereocenters. The first kappa shape index (κ1) is 30.7. The number of aromatic nitrogens is 1. The SMILES string of the molecule is NC(=O)[C@@]1(CF)COc2c1cc([C@@](O)(CNC(=O)c1ccc(N)c(/C=C(\N)C3CC3)c1)C(F)(F)F)nc2-c1ccc(F)cc1. The summed E-state index contributed by atoms with van der Waals surface area (Å²) >= 11 is 0. The molecule has 1 fully saturated rings. The Morgan fingerprint density at radius 3 is 2.39 bits per heavy atom. The van der Waals surface area contributed by atoms with Crippen LogP contribution in [0.1, 0.15) is 40.0 Å². The average Bonchev–Trinajstić information content (AvgIpc) is 3.76. The smallest absolute Gasteiger partial charge is 0.424 e. The van der Waals surface area contributed by atoms with Gasteiger partial charge in [-0.05, 0) is 78.9 Å². The molecule has 5 rings (SSSR count). The Morgan fingerprint density at radius 2 is 1.80 bits per heavy atom. The topological polar surface area (TPSA) is 167 Å². The number of hydrogen-bond acceptors (Lipinski definition) is 7. The van der Waals surface area contributed by atoms with Gasteiger partial charge in [0.2, 0.25) is 11.5 Å². The van der Waals surface area contributed by atoms with E-state index in [1.807, 2.05) is 0 Å².